The first-order valence-electron chi connectivity index (χ1n) is 18.0. The Hall–Kier alpha value is -6.41. The zero-order chi connectivity index (χ0) is 40.7. The third-order valence-electron chi connectivity index (χ3n) is 9.41. The van der Waals surface area contributed by atoms with Crippen molar-refractivity contribution >= 4 is 17.1 Å². The fourth-order valence-corrected chi connectivity index (χ4v) is 7.24. The number of aromatic nitrogens is 2. The van der Waals surface area contributed by atoms with Gasteiger partial charge in [-0.2, -0.15) is 5.26 Å². The van der Waals surface area contributed by atoms with Crippen LogP contribution in [0.15, 0.2) is 73.1 Å². The molecule has 0 bridgehead atoms. The molecule has 0 radical (unpaired) electrons. The van der Waals surface area contributed by atoms with Crippen LogP contribution in [0.1, 0.15) is 50.1 Å². The van der Waals surface area contributed by atoms with Crippen molar-refractivity contribution in [3.8, 4) is 56.9 Å². The molecule has 8 nitrogen and oxygen atoms in total. The summed E-state index contributed by atoms with van der Waals surface area (Å²) < 4.78 is 0. The Balaban J connectivity index is 0.000000248. The minimum Gasteiger partial charge on any atom is -0.378 e. The molecule has 6 aromatic rings. The number of nitrogens with one attached hydrogen (secondary N) is 1. The summed E-state index contributed by atoms with van der Waals surface area (Å²) in [4.78, 5) is 18.3. The smallest absolute Gasteiger partial charge is 0.378 e. The van der Waals surface area contributed by atoms with Crippen molar-refractivity contribution in [2.75, 3.05) is 26.0 Å². The van der Waals surface area contributed by atoms with E-state index in [1.807, 2.05) is 64.2 Å². The normalized spacial score (nSPS) is 10.1. The number of anilines is 1. The van der Waals surface area contributed by atoms with Crippen LogP contribution in [-0.4, -0.2) is 31.1 Å². The van der Waals surface area contributed by atoms with Gasteiger partial charge in [-0.05, 0) is 83.6 Å². The van der Waals surface area contributed by atoms with Crippen LogP contribution >= 0.6 is 0 Å². The van der Waals surface area contributed by atoms with Crippen molar-refractivity contribution in [3.05, 3.63) is 158 Å². The van der Waals surface area contributed by atoms with Crippen LogP contribution < -0.4 is 10.2 Å². The monoisotopic (exact) mass is 925 g/mol. The number of rotatable bonds is 7. The molecule has 0 spiro atoms. The van der Waals surface area contributed by atoms with Crippen LogP contribution in [0.5, 0.6) is 0 Å². The Morgan fingerprint density at radius 3 is 1.74 bits per heavy atom. The average molecular weight is 926 g/mol. The average Bonchev–Trinajstić information content (AvgIpc) is 3.17. The van der Waals surface area contributed by atoms with Gasteiger partial charge in [-0.1, -0.05) is 97.6 Å². The fraction of sp³-hybridized carbons (Fsp3) is 0.208. The van der Waals surface area contributed by atoms with E-state index in [4.69, 9.17) is 13.1 Å². The van der Waals surface area contributed by atoms with Crippen molar-refractivity contribution < 1.29 is 21.1 Å². The van der Waals surface area contributed by atoms with Crippen molar-refractivity contribution in [2.24, 2.45) is 0 Å². The van der Waals surface area contributed by atoms with Gasteiger partial charge in [0.05, 0.1) is 19.2 Å². The molecule has 9 heteroatoms. The van der Waals surface area contributed by atoms with Crippen LogP contribution in [0.2, 0.25) is 0 Å². The minimum atomic E-state index is 0. The molecule has 2 heterocycles. The van der Waals surface area contributed by atoms with Crippen LogP contribution in [0, 0.1) is 89.5 Å². The standard InChI is InChI=1S/2C24H21N4.Pt/c1-15-9-16(2)23(17(3)10-15)24-18(14-25)11-19(26-4)12-21(24)22-13-20(28(5)6)7-8-27-22;1-15-8-16(2)23(17(3)9-15)24-20(10-19(13-25)12-22(24)27-5)21-11-18(14-26-4)6-7-28-21;/h7-11,13H,1-3,5-6H3;6-9,11-12,26H,14H2,1-4H3;/q2*-1;+2. The van der Waals surface area contributed by atoms with Gasteiger partial charge < -0.3 is 15.2 Å². The molecule has 0 unspecified atom stereocenters. The van der Waals surface area contributed by atoms with Crippen LogP contribution in [0.4, 0.5) is 17.1 Å². The molecule has 0 amide bonds. The molecular weight excluding hydrogens is 884 g/mol. The van der Waals surface area contributed by atoms with Gasteiger partial charge >= 0.3 is 21.1 Å². The summed E-state index contributed by atoms with van der Waals surface area (Å²) in [6.07, 6.45) is 3.50. The number of benzene rings is 4. The summed E-state index contributed by atoms with van der Waals surface area (Å²) >= 11 is 0. The molecular formula is C48H42N8Pt. The molecule has 1 N–H and O–H groups in total. The number of hydrogen-bond donors (Lipinski definition) is 1. The van der Waals surface area contributed by atoms with Gasteiger partial charge in [0.15, 0.2) is 0 Å². The van der Waals surface area contributed by atoms with Gasteiger partial charge in [0.1, 0.15) is 11.4 Å². The van der Waals surface area contributed by atoms with E-state index in [1.165, 1.54) is 11.1 Å². The number of aryl methyl sites for hydroxylation is 6. The van der Waals surface area contributed by atoms with E-state index in [9.17, 15) is 10.5 Å². The Kier molecular flexibility index (Phi) is 14.4. The molecule has 0 aliphatic heterocycles. The molecule has 2 aromatic heterocycles. The van der Waals surface area contributed by atoms with Crippen LogP contribution in [-0.2, 0) is 27.6 Å². The third-order valence-corrected chi connectivity index (χ3v) is 9.41. The summed E-state index contributed by atoms with van der Waals surface area (Å²) in [6, 6.07) is 30.3. The van der Waals surface area contributed by atoms with Crippen molar-refractivity contribution in [1.29, 1.82) is 10.5 Å². The van der Waals surface area contributed by atoms with E-state index in [2.05, 4.69) is 101 Å². The second-order valence-electron chi connectivity index (χ2n) is 14.0. The molecule has 0 aliphatic rings. The SMILES string of the molecule is [C-]#[N+]c1[c-]c(-c2cc(N(C)C)ccn2)c(-c2c(C)cc(C)cc2C)c(C#N)c1.[C-]#[N+]c1cc(C#N)[c-]c(-c2cc(CNC)ccn2)c1-c1c(C)cc(C)cc1C.[Pt+2]. The topological polar surface area (TPSA) is 97.4 Å². The van der Waals surface area contributed by atoms with Gasteiger partial charge in [-0.3, -0.25) is 14.7 Å². The van der Waals surface area contributed by atoms with Crippen molar-refractivity contribution in [3.63, 3.8) is 0 Å². The second kappa shape index (κ2) is 19.0. The van der Waals surface area contributed by atoms with Gasteiger partial charge in [-0.15, -0.1) is 35.4 Å². The molecule has 0 atom stereocenters. The van der Waals surface area contributed by atoms with Crippen molar-refractivity contribution in [2.45, 2.75) is 48.1 Å². The summed E-state index contributed by atoms with van der Waals surface area (Å²) in [5.41, 5.74) is 16.7. The molecule has 0 saturated heterocycles. The number of nitriles is 2. The molecule has 0 aliphatic carbocycles. The molecule has 0 saturated carbocycles. The Morgan fingerprint density at radius 2 is 1.23 bits per heavy atom. The van der Waals surface area contributed by atoms with E-state index < -0.39 is 0 Å². The quantitative estimate of drug-likeness (QED) is 0.160. The van der Waals surface area contributed by atoms with Gasteiger partial charge in [0.25, 0.3) is 0 Å². The van der Waals surface area contributed by atoms with Gasteiger partial charge in [0.2, 0.25) is 0 Å². The first-order valence-corrected chi connectivity index (χ1v) is 18.0. The summed E-state index contributed by atoms with van der Waals surface area (Å²) in [7, 11) is 5.83. The number of pyridine rings is 2. The molecule has 0 fully saturated rings. The Morgan fingerprint density at radius 1 is 0.684 bits per heavy atom. The maximum atomic E-state index is 9.85. The van der Waals surface area contributed by atoms with E-state index in [1.54, 1.807) is 24.5 Å². The predicted molar refractivity (Wildman–Crippen MR) is 225 cm³/mol. The first-order chi connectivity index (χ1) is 26.8. The predicted octanol–water partition coefficient (Wildman–Crippen LogP) is 10.9. The first kappa shape index (κ1) is 43.3. The largest absolute Gasteiger partial charge is 2.00 e. The summed E-state index contributed by atoms with van der Waals surface area (Å²) in [6.45, 7) is 28.2. The third kappa shape index (κ3) is 9.52. The van der Waals surface area contributed by atoms with Gasteiger partial charge in [-0.25, -0.2) is 5.26 Å². The second-order valence-corrected chi connectivity index (χ2v) is 14.0. The van der Waals surface area contributed by atoms with E-state index in [0.717, 1.165) is 55.8 Å². The van der Waals surface area contributed by atoms with Crippen LogP contribution in [0.3, 0.4) is 0 Å². The molecule has 4 aromatic carbocycles. The summed E-state index contributed by atoms with van der Waals surface area (Å²) in [5, 5.41) is 22.5. The zero-order valence-electron chi connectivity index (χ0n) is 33.6. The van der Waals surface area contributed by atoms with E-state index in [0.29, 0.717) is 51.6 Å². The maximum Gasteiger partial charge on any atom is 2.00 e. The number of nitrogens with zero attached hydrogens (tertiary/aromatic N) is 7. The van der Waals surface area contributed by atoms with Crippen molar-refractivity contribution in [1.82, 2.24) is 15.3 Å². The Labute approximate surface area is 351 Å². The maximum absolute atomic E-state index is 9.85. The fourth-order valence-electron chi connectivity index (χ4n) is 7.24. The van der Waals surface area contributed by atoms with E-state index in [-0.39, 0.29) is 21.1 Å². The Bertz CT molecular complexity index is 2600. The molecule has 284 valence electrons. The number of hydrogen-bond acceptors (Lipinski definition) is 6. The zero-order valence-corrected chi connectivity index (χ0v) is 35.9. The molecule has 57 heavy (non-hydrogen) atoms. The molecule has 6 rings (SSSR count). The summed E-state index contributed by atoms with van der Waals surface area (Å²) in [5.74, 6) is 0. The minimum absolute atomic E-state index is 0. The van der Waals surface area contributed by atoms with Gasteiger partial charge in [0, 0.05) is 44.4 Å². The van der Waals surface area contributed by atoms with Crippen LogP contribution in [0.25, 0.3) is 54.5 Å². The van der Waals surface area contributed by atoms with E-state index >= 15 is 0 Å².